The van der Waals surface area contributed by atoms with Crippen molar-refractivity contribution in [1.29, 1.82) is 0 Å². The smallest absolute Gasteiger partial charge is 0.339 e. The second kappa shape index (κ2) is 5.90. The summed E-state index contributed by atoms with van der Waals surface area (Å²) in [5.41, 5.74) is 0.205. The molecule has 6 nitrogen and oxygen atoms in total. The monoisotopic (exact) mass is 277 g/mol. The molecule has 0 aromatic carbocycles. The molecule has 1 aliphatic rings. The Bertz CT molecular complexity index is 508. The first-order chi connectivity index (χ1) is 9.50. The summed E-state index contributed by atoms with van der Waals surface area (Å²) in [6.45, 7) is 6.19. The van der Waals surface area contributed by atoms with Gasteiger partial charge in [0.1, 0.15) is 11.4 Å². The van der Waals surface area contributed by atoms with Crippen LogP contribution in [0.25, 0.3) is 0 Å². The predicted molar refractivity (Wildman–Crippen MR) is 74.8 cm³/mol. The highest BCUT2D eigenvalue weighted by molar-refractivity contribution is 5.93. The van der Waals surface area contributed by atoms with Crippen molar-refractivity contribution in [3.05, 3.63) is 23.9 Å². The fraction of sp³-hybridized carbons (Fsp3) is 0.500. The number of aromatic nitrogens is 1. The van der Waals surface area contributed by atoms with Gasteiger partial charge in [-0.05, 0) is 12.1 Å². The molecule has 0 unspecified atom stereocenters. The van der Waals surface area contributed by atoms with Gasteiger partial charge in [-0.25, -0.2) is 9.78 Å². The number of carboxylic acid groups (broad SMARTS) is 1. The van der Waals surface area contributed by atoms with Gasteiger partial charge in [-0.15, -0.1) is 0 Å². The quantitative estimate of drug-likeness (QED) is 0.895. The molecule has 0 aliphatic carbocycles. The summed E-state index contributed by atoms with van der Waals surface area (Å²) in [6, 6.07) is 3.17. The number of nitrogens with zero attached hydrogens (tertiary/aromatic N) is 3. The van der Waals surface area contributed by atoms with E-state index in [0.717, 1.165) is 0 Å². The molecule has 0 bridgehead atoms. The third kappa shape index (κ3) is 2.89. The summed E-state index contributed by atoms with van der Waals surface area (Å²) < 4.78 is 0. The van der Waals surface area contributed by atoms with Crippen LogP contribution in [-0.2, 0) is 4.79 Å². The molecule has 0 radical (unpaired) electrons. The van der Waals surface area contributed by atoms with E-state index in [2.05, 4.69) is 4.98 Å². The number of anilines is 1. The lowest BCUT2D eigenvalue weighted by atomic mass is 10.1. The molecule has 1 saturated heterocycles. The lowest BCUT2D eigenvalue weighted by Crippen LogP contribution is -2.50. The van der Waals surface area contributed by atoms with Crippen LogP contribution in [-0.4, -0.2) is 53.0 Å². The second-order valence-electron chi connectivity index (χ2n) is 5.15. The summed E-state index contributed by atoms with van der Waals surface area (Å²) in [4.78, 5) is 31.0. The molecule has 1 aliphatic heterocycles. The average Bonchev–Trinajstić information content (AvgIpc) is 2.46. The van der Waals surface area contributed by atoms with Crippen LogP contribution in [0.3, 0.4) is 0 Å². The van der Waals surface area contributed by atoms with E-state index in [1.54, 1.807) is 18.3 Å². The second-order valence-corrected chi connectivity index (χ2v) is 5.15. The minimum absolute atomic E-state index is 0.00835. The highest BCUT2D eigenvalue weighted by Gasteiger charge is 2.25. The standard InChI is InChI=1S/C14H19N3O3/c1-10(2)13(18)17-8-6-16(7-9-17)12-11(14(19)20)4-3-5-15-12/h3-5,10H,6-9H2,1-2H3,(H,19,20). The molecule has 108 valence electrons. The van der Waals surface area contributed by atoms with Crippen LogP contribution in [0.4, 0.5) is 5.82 Å². The van der Waals surface area contributed by atoms with Gasteiger partial charge in [-0.1, -0.05) is 13.8 Å². The summed E-state index contributed by atoms with van der Waals surface area (Å²) in [6.07, 6.45) is 1.59. The fourth-order valence-electron chi connectivity index (χ4n) is 2.32. The number of aromatic carboxylic acids is 1. The van der Waals surface area contributed by atoms with Crippen LogP contribution in [0.15, 0.2) is 18.3 Å². The molecule has 1 N–H and O–H groups in total. The van der Waals surface area contributed by atoms with Crippen LogP contribution >= 0.6 is 0 Å². The first-order valence-corrected chi connectivity index (χ1v) is 6.72. The van der Waals surface area contributed by atoms with Crippen LogP contribution in [0, 0.1) is 5.92 Å². The molecule has 20 heavy (non-hydrogen) atoms. The number of carbonyl (C=O) groups is 2. The molecule has 0 saturated carbocycles. The van der Waals surface area contributed by atoms with Gasteiger partial charge in [-0.3, -0.25) is 4.79 Å². The van der Waals surface area contributed by atoms with Gasteiger partial charge < -0.3 is 14.9 Å². The number of pyridine rings is 1. The number of carboxylic acids is 1. The number of carbonyl (C=O) groups excluding carboxylic acids is 1. The highest BCUT2D eigenvalue weighted by Crippen LogP contribution is 2.19. The number of rotatable bonds is 3. The van der Waals surface area contributed by atoms with Crippen LogP contribution < -0.4 is 4.90 Å². The van der Waals surface area contributed by atoms with Crippen molar-refractivity contribution in [2.24, 2.45) is 5.92 Å². The van der Waals surface area contributed by atoms with Crippen LogP contribution in [0.1, 0.15) is 24.2 Å². The Labute approximate surface area is 118 Å². The molecule has 6 heteroatoms. The van der Waals surface area contributed by atoms with E-state index in [9.17, 15) is 14.7 Å². The van der Waals surface area contributed by atoms with Crippen molar-refractivity contribution in [3.63, 3.8) is 0 Å². The Morgan fingerprint density at radius 3 is 2.45 bits per heavy atom. The lowest BCUT2D eigenvalue weighted by Gasteiger charge is -2.36. The molecule has 1 aromatic heterocycles. The summed E-state index contributed by atoms with van der Waals surface area (Å²) in [5, 5.41) is 9.18. The van der Waals surface area contributed by atoms with E-state index in [4.69, 9.17) is 0 Å². The number of hydrogen-bond acceptors (Lipinski definition) is 4. The maximum absolute atomic E-state index is 11.9. The minimum atomic E-state index is -0.978. The first-order valence-electron chi connectivity index (χ1n) is 6.72. The third-order valence-electron chi connectivity index (χ3n) is 3.40. The van der Waals surface area contributed by atoms with E-state index in [0.29, 0.717) is 32.0 Å². The summed E-state index contributed by atoms with van der Waals surface area (Å²) in [5.74, 6) is -0.361. The zero-order chi connectivity index (χ0) is 14.7. The van der Waals surface area contributed by atoms with Gasteiger partial charge in [0, 0.05) is 38.3 Å². The number of piperazine rings is 1. The average molecular weight is 277 g/mol. The zero-order valence-corrected chi connectivity index (χ0v) is 11.7. The van der Waals surface area contributed by atoms with Gasteiger partial charge in [0.25, 0.3) is 0 Å². The normalized spacial score (nSPS) is 15.6. The molecular formula is C14H19N3O3. The minimum Gasteiger partial charge on any atom is -0.478 e. The van der Waals surface area contributed by atoms with Gasteiger partial charge in [-0.2, -0.15) is 0 Å². The van der Waals surface area contributed by atoms with E-state index in [1.165, 1.54) is 0 Å². The Balaban J connectivity index is 2.08. The molecule has 1 aromatic rings. The molecule has 0 spiro atoms. The van der Waals surface area contributed by atoms with E-state index in [1.807, 2.05) is 23.6 Å². The van der Waals surface area contributed by atoms with E-state index in [-0.39, 0.29) is 17.4 Å². The molecule has 2 rings (SSSR count). The van der Waals surface area contributed by atoms with Crippen molar-refractivity contribution in [3.8, 4) is 0 Å². The van der Waals surface area contributed by atoms with Crippen molar-refractivity contribution < 1.29 is 14.7 Å². The number of amides is 1. The topological polar surface area (TPSA) is 73.7 Å². The molecular weight excluding hydrogens is 258 g/mol. The van der Waals surface area contributed by atoms with E-state index < -0.39 is 5.97 Å². The molecule has 0 atom stereocenters. The molecule has 1 amide bonds. The Hall–Kier alpha value is -2.11. The largest absolute Gasteiger partial charge is 0.478 e. The fourth-order valence-corrected chi connectivity index (χ4v) is 2.32. The van der Waals surface area contributed by atoms with Gasteiger partial charge >= 0.3 is 5.97 Å². The SMILES string of the molecule is CC(C)C(=O)N1CCN(c2ncccc2C(=O)O)CC1. The third-order valence-corrected chi connectivity index (χ3v) is 3.40. The predicted octanol–water partition coefficient (Wildman–Crippen LogP) is 1.08. The van der Waals surface area contributed by atoms with Gasteiger partial charge in [0.2, 0.25) is 5.91 Å². The zero-order valence-electron chi connectivity index (χ0n) is 11.7. The first kappa shape index (κ1) is 14.3. The van der Waals surface area contributed by atoms with Crippen molar-refractivity contribution in [1.82, 2.24) is 9.88 Å². The molecule has 1 fully saturated rings. The van der Waals surface area contributed by atoms with Gasteiger partial charge in [0.15, 0.2) is 0 Å². The Morgan fingerprint density at radius 2 is 1.90 bits per heavy atom. The highest BCUT2D eigenvalue weighted by atomic mass is 16.4. The molecule has 2 heterocycles. The van der Waals surface area contributed by atoms with Crippen molar-refractivity contribution in [2.75, 3.05) is 31.1 Å². The number of hydrogen-bond donors (Lipinski definition) is 1. The van der Waals surface area contributed by atoms with Crippen molar-refractivity contribution in [2.45, 2.75) is 13.8 Å². The van der Waals surface area contributed by atoms with E-state index >= 15 is 0 Å². The van der Waals surface area contributed by atoms with Crippen LogP contribution in [0.5, 0.6) is 0 Å². The Morgan fingerprint density at radius 1 is 1.25 bits per heavy atom. The summed E-state index contributed by atoms with van der Waals surface area (Å²) in [7, 11) is 0. The van der Waals surface area contributed by atoms with Crippen LogP contribution in [0.2, 0.25) is 0 Å². The Kier molecular flexibility index (Phi) is 4.22. The van der Waals surface area contributed by atoms with Crippen molar-refractivity contribution >= 4 is 17.7 Å². The van der Waals surface area contributed by atoms with Gasteiger partial charge in [0.05, 0.1) is 0 Å². The maximum Gasteiger partial charge on any atom is 0.339 e. The maximum atomic E-state index is 11.9. The summed E-state index contributed by atoms with van der Waals surface area (Å²) >= 11 is 0. The lowest BCUT2D eigenvalue weighted by molar-refractivity contribution is -0.134.